The first-order valence-corrected chi connectivity index (χ1v) is 8.22. The number of nitrogens with zero attached hydrogens (tertiary/aromatic N) is 2. The number of hydrogen-bond donors (Lipinski definition) is 1. The average Bonchev–Trinajstić information content (AvgIpc) is 2.97. The van der Waals surface area contributed by atoms with Crippen LogP contribution in [0.2, 0.25) is 0 Å². The summed E-state index contributed by atoms with van der Waals surface area (Å²) in [6.07, 6.45) is 2.97. The summed E-state index contributed by atoms with van der Waals surface area (Å²) in [5.41, 5.74) is 5.18. The third-order valence-corrected chi connectivity index (χ3v) is 4.27. The quantitative estimate of drug-likeness (QED) is 0.729. The molecule has 0 fully saturated rings. The van der Waals surface area contributed by atoms with E-state index >= 15 is 0 Å². The topological polar surface area (TPSA) is 64.1 Å². The Morgan fingerprint density at radius 3 is 2.16 bits per heavy atom. The highest BCUT2D eigenvalue weighted by Crippen LogP contribution is 2.44. The van der Waals surface area contributed by atoms with E-state index in [0.29, 0.717) is 18.1 Å². The van der Waals surface area contributed by atoms with Crippen molar-refractivity contribution in [2.75, 3.05) is 11.9 Å². The minimum Gasteiger partial charge on any atom is -0.462 e. The molecular weight excluding hydrogens is 314 g/mol. The fraction of sp³-hybridized carbons (Fsp3) is 0.150. The maximum absolute atomic E-state index is 11.7. The molecule has 0 saturated heterocycles. The Hall–Kier alpha value is -3.21. The summed E-state index contributed by atoms with van der Waals surface area (Å²) in [5.74, 6) is 0.0650. The molecule has 1 aliphatic rings. The Morgan fingerprint density at radius 1 is 1.04 bits per heavy atom. The zero-order chi connectivity index (χ0) is 17.2. The van der Waals surface area contributed by atoms with Crippen LogP contribution in [-0.4, -0.2) is 22.5 Å². The first kappa shape index (κ1) is 15.3. The highest BCUT2D eigenvalue weighted by atomic mass is 16.5. The van der Waals surface area contributed by atoms with Crippen molar-refractivity contribution in [3.05, 3.63) is 77.6 Å². The molecule has 5 nitrogen and oxygen atoms in total. The van der Waals surface area contributed by atoms with Crippen LogP contribution in [-0.2, 0) is 4.74 Å². The maximum atomic E-state index is 11.7. The average molecular weight is 333 g/mol. The van der Waals surface area contributed by atoms with E-state index < -0.39 is 5.97 Å². The van der Waals surface area contributed by atoms with Gasteiger partial charge < -0.3 is 10.1 Å². The number of carbonyl (C=O) groups excluding carboxylic acids is 1. The molecule has 1 N–H and O–H groups in total. The van der Waals surface area contributed by atoms with Gasteiger partial charge in [-0.1, -0.05) is 48.5 Å². The summed E-state index contributed by atoms with van der Waals surface area (Å²) < 4.78 is 4.95. The normalized spacial score (nSPS) is 12.4. The minimum absolute atomic E-state index is 0. The van der Waals surface area contributed by atoms with E-state index in [4.69, 9.17) is 4.74 Å². The van der Waals surface area contributed by atoms with Crippen LogP contribution in [0.4, 0.5) is 5.95 Å². The molecule has 0 atom stereocenters. The molecule has 0 spiro atoms. The Labute approximate surface area is 147 Å². The van der Waals surface area contributed by atoms with Crippen LogP contribution in [0.25, 0.3) is 11.1 Å². The molecule has 3 aromatic rings. The largest absolute Gasteiger partial charge is 0.462 e. The van der Waals surface area contributed by atoms with E-state index in [9.17, 15) is 4.79 Å². The minimum atomic E-state index is -0.411. The molecule has 1 aromatic heterocycles. The van der Waals surface area contributed by atoms with Gasteiger partial charge in [-0.15, -0.1) is 0 Å². The molecule has 0 amide bonds. The third-order valence-electron chi connectivity index (χ3n) is 4.27. The molecule has 25 heavy (non-hydrogen) atoms. The highest BCUT2D eigenvalue weighted by Gasteiger charge is 2.28. The van der Waals surface area contributed by atoms with Crippen molar-refractivity contribution in [2.24, 2.45) is 0 Å². The summed E-state index contributed by atoms with van der Waals surface area (Å²) in [5, 5.41) is 3.38. The van der Waals surface area contributed by atoms with Crippen LogP contribution in [0, 0.1) is 0 Å². The maximum Gasteiger partial charge on any atom is 0.341 e. The van der Waals surface area contributed by atoms with Gasteiger partial charge in [0.2, 0.25) is 5.95 Å². The lowest BCUT2D eigenvalue weighted by atomic mass is 10.1. The Morgan fingerprint density at radius 2 is 1.60 bits per heavy atom. The van der Waals surface area contributed by atoms with E-state index in [0.717, 1.165) is 0 Å². The molecule has 126 valence electrons. The second kappa shape index (κ2) is 6.36. The van der Waals surface area contributed by atoms with E-state index in [2.05, 4.69) is 39.6 Å². The SMILES string of the molecule is CCOC(=O)c1cnc(NC2c3ccccc3-c3ccccc32)nc1.[HH]. The number of esters is 1. The first-order chi connectivity index (χ1) is 12.3. The summed E-state index contributed by atoms with van der Waals surface area (Å²) in [6, 6.07) is 16.6. The number of rotatable bonds is 4. The molecule has 0 aliphatic heterocycles. The van der Waals surface area contributed by atoms with Crippen molar-refractivity contribution in [1.82, 2.24) is 9.97 Å². The molecule has 0 saturated carbocycles. The number of aromatic nitrogens is 2. The van der Waals surface area contributed by atoms with Gasteiger partial charge in [0, 0.05) is 13.8 Å². The summed E-state index contributed by atoms with van der Waals surface area (Å²) >= 11 is 0. The van der Waals surface area contributed by atoms with E-state index in [-0.39, 0.29) is 7.47 Å². The lowest BCUT2D eigenvalue weighted by molar-refractivity contribution is 0.0525. The van der Waals surface area contributed by atoms with Crippen molar-refractivity contribution in [3.8, 4) is 11.1 Å². The van der Waals surface area contributed by atoms with Gasteiger partial charge in [0.25, 0.3) is 0 Å². The predicted molar refractivity (Wildman–Crippen MR) is 97.4 cm³/mol. The summed E-state index contributed by atoms with van der Waals surface area (Å²) in [4.78, 5) is 20.2. The van der Waals surface area contributed by atoms with Crippen LogP contribution in [0.5, 0.6) is 0 Å². The second-order valence-corrected chi connectivity index (χ2v) is 5.77. The third kappa shape index (κ3) is 2.74. The molecule has 5 heteroatoms. The predicted octanol–water partition coefficient (Wildman–Crippen LogP) is 4.08. The van der Waals surface area contributed by atoms with E-state index in [1.54, 1.807) is 6.92 Å². The lowest BCUT2D eigenvalue weighted by Crippen LogP contribution is -2.13. The van der Waals surface area contributed by atoms with Gasteiger partial charge in [-0.25, -0.2) is 14.8 Å². The van der Waals surface area contributed by atoms with Crippen LogP contribution < -0.4 is 5.32 Å². The number of anilines is 1. The van der Waals surface area contributed by atoms with Crippen LogP contribution in [0.1, 0.15) is 35.9 Å². The highest BCUT2D eigenvalue weighted by molar-refractivity contribution is 5.88. The van der Waals surface area contributed by atoms with Gasteiger partial charge in [-0.2, -0.15) is 0 Å². The molecule has 1 heterocycles. The van der Waals surface area contributed by atoms with Crippen LogP contribution in [0.15, 0.2) is 60.9 Å². The fourth-order valence-electron chi connectivity index (χ4n) is 3.16. The summed E-state index contributed by atoms with van der Waals surface area (Å²) in [6.45, 7) is 2.10. The van der Waals surface area contributed by atoms with Gasteiger partial charge in [0.15, 0.2) is 0 Å². The summed E-state index contributed by atoms with van der Waals surface area (Å²) in [7, 11) is 0. The van der Waals surface area contributed by atoms with E-state index in [1.165, 1.54) is 34.6 Å². The van der Waals surface area contributed by atoms with Crippen molar-refractivity contribution < 1.29 is 11.0 Å². The van der Waals surface area contributed by atoms with Gasteiger partial charge >= 0.3 is 5.97 Å². The second-order valence-electron chi connectivity index (χ2n) is 5.77. The smallest absolute Gasteiger partial charge is 0.341 e. The molecule has 0 radical (unpaired) electrons. The monoisotopic (exact) mass is 333 g/mol. The standard InChI is InChI=1S/C20H17N3O2.H2/c1-2-25-19(24)13-11-21-20(22-12-13)23-18-16-9-5-3-7-14(16)15-8-4-6-10-17(15)18;/h3-12,18H,2H2,1H3,(H,21,22,23);1H. The number of benzene rings is 2. The van der Waals surface area contributed by atoms with Crippen molar-refractivity contribution in [3.63, 3.8) is 0 Å². The molecule has 0 bridgehead atoms. The lowest BCUT2D eigenvalue weighted by Gasteiger charge is -2.15. The molecule has 4 rings (SSSR count). The number of carbonyl (C=O) groups is 1. The number of ether oxygens (including phenoxy) is 1. The molecular formula is C20H19N3O2. The van der Waals surface area contributed by atoms with Gasteiger partial charge in [-0.05, 0) is 29.2 Å². The van der Waals surface area contributed by atoms with Crippen molar-refractivity contribution in [1.29, 1.82) is 0 Å². The fourth-order valence-corrected chi connectivity index (χ4v) is 3.16. The Balaban J connectivity index is 0.00000196. The van der Waals surface area contributed by atoms with Gasteiger partial charge in [-0.3, -0.25) is 0 Å². The van der Waals surface area contributed by atoms with Crippen molar-refractivity contribution in [2.45, 2.75) is 13.0 Å². The van der Waals surface area contributed by atoms with Crippen LogP contribution in [0.3, 0.4) is 0 Å². The number of fused-ring (bicyclic) bond motifs is 3. The Kier molecular flexibility index (Phi) is 3.90. The number of hydrogen-bond acceptors (Lipinski definition) is 5. The van der Waals surface area contributed by atoms with E-state index in [1.807, 2.05) is 24.3 Å². The number of nitrogens with one attached hydrogen (secondary N) is 1. The molecule has 1 aliphatic carbocycles. The van der Waals surface area contributed by atoms with Crippen molar-refractivity contribution >= 4 is 11.9 Å². The Bertz CT molecular complexity index is 883. The molecule has 0 unspecified atom stereocenters. The first-order valence-electron chi connectivity index (χ1n) is 8.22. The van der Waals surface area contributed by atoms with Gasteiger partial charge in [0.1, 0.15) is 0 Å². The van der Waals surface area contributed by atoms with Gasteiger partial charge in [0.05, 0.1) is 18.2 Å². The zero-order valence-electron chi connectivity index (χ0n) is 13.8. The zero-order valence-corrected chi connectivity index (χ0v) is 13.8. The van der Waals surface area contributed by atoms with Crippen LogP contribution >= 0.6 is 0 Å². The molecule has 2 aromatic carbocycles.